The molecule has 0 aliphatic heterocycles. The van der Waals surface area contributed by atoms with Crippen molar-refractivity contribution < 1.29 is 13.9 Å². The molecule has 3 nitrogen and oxygen atoms in total. The quantitative estimate of drug-likeness (QED) is 0.388. The predicted molar refractivity (Wildman–Crippen MR) is 115 cm³/mol. The molecule has 0 aliphatic carbocycles. The predicted octanol–water partition coefficient (Wildman–Crippen LogP) is 7.09. The summed E-state index contributed by atoms with van der Waals surface area (Å²) >= 11 is 15.9. The Hall–Kier alpha value is -1.95. The van der Waals surface area contributed by atoms with E-state index in [1.807, 2.05) is 24.3 Å². The zero-order valence-electron chi connectivity index (χ0n) is 14.9. The largest absolute Gasteiger partial charge is 0.493 e. The van der Waals surface area contributed by atoms with Crippen molar-refractivity contribution in [3.63, 3.8) is 0 Å². The molecule has 7 heteroatoms. The summed E-state index contributed by atoms with van der Waals surface area (Å²) in [6.45, 7) is 0.477. The molecular weight excluding hydrogens is 468 g/mol. The van der Waals surface area contributed by atoms with E-state index in [4.69, 9.17) is 32.7 Å². The number of methoxy groups -OCH3 is 1. The smallest absolute Gasteiger partial charge is 0.163 e. The second-order valence-corrected chi connectivity index (χ2v) is 7.67. The van der Waals surface area contributed by atoms with Gasteiger partial charge < -0.3 is 14.8 Å². The van der Waals surface area contributed by atoms with Crippen LogP contribution in [0.1, 0.15) is 11.1 Å². The summed E-state index contributed by atoms with van der Waals surface area (Å²) < 4.78 is 26.1. The summed E-state index contributed by atoms with van der Waals surface area (Å²) in [6, 6.07) is 15.8. The average molecular weight is 485 g/mol. The number of anilines is 1. The summed E-state index contributed by atoms with van der Waals surface area (Å²) in [6.07, 6.45) is 0. The average Bonchev–Trinajstić information content (AvgIpc) is 2.68. The topological polar surface area (TPSA) is 30.5 Å². The summed E-state index contributed by atoms with van der Waals surface area (Å²) in [5.41, 5.74) is 2.09. The zero-order valence-corrected chi connectivity index (χ0v) is 18.0. The lowest BCUT2D eigenvalue weighted by atomic mass is 10.2. The lowest BCUT2D eigenvalue weighted by Crippen LogP contribution is -2.04. The van der Waals surface area contributed by atoms with Crippen LogP contribution in [0.15, 0.2) is 59.1 Å². The Labute approximate surface area is 181 Å². The maximum absolute atomic E-state index is 13.9. The number of nitrogens with one attached hydrogen (secondary N) is 1. The van der Waals surface area contributed by atoms with E-state index in [-0.39, 0.29) is 12.2 Å². The summed E-state index contributed by atoms with van der Waals surface area (Å²) in [7, 11) is 1.54. The lowest BCUT2D eigenvalue weighted by Gasteiger charge is -2.15. The van der Waals surface area contributed by atoms with Gasteiger partial charge in [-0.2, -0.15) is 0 Å². The van der Waals surface area contributed by atoms with Crippen LogP contribution in [-0.2, 0) is 13.2 Å². The van der Waals surface area contributed by atoms with Gasteiger partial charge >= 0.3 is 0 Å². The molecule has 3 aromatic carbocycles. The highest BCUT2D eigenvalue weighted by Crippen LogP contribution is 2.35. The number of ether oxygens (including phenoxy) is 2. The Morgan fingerprint density at radius 2 is 1.75 bits per heavy atom. The van der Waals surface area contributed by atoms with Gasteiger partial charge in [0.2, 0.25) is 0 Å². The molecule has 3 rings (SSSR count). The molecule has 0 atom stereocenters. The first-order valence-corrected chi connectivity index (χ1v) is 9.94. The van der Waals surface area contributed by atoms with Crippen LogP contribution in [0.2, 0.25) is 10.0 Å². The van der Waals surface area contributed by atoms with Gasteiger partial charge in [-0.25, -0.2) is 4.39 Å². The van der Waals surface area contributed by atoms with Gasteiger partial charge in [0.05, 0.1) is 12.1 Å². The van der Waals surface area contributed by atoms with Gasteiger partial charge in [-0.05, 0) is 48.0 Å². The van der Waals surface area contributed by atoms with Gasteiger partial charge in [-0.3, -0.25) is 0 Å². The molecule has 0 fully saturated rings. The van der Waals surface area contributed by atoms with Crippen LogP contribution in [0.25, 0.3) is 0 Å². The van der Waals surface area contributed by atoms with Crippen LogP contribution >= 0.6 is 39.1 Å². The molecule has 0 heterocycles. The molecule has 0 radical (unpaired) electrons. The third kappa shape index (κ3) is 5.10. The molecule has 0 aliphatic rings. The van der Waals surface area contributed by atoms with Crippen molar-refractivity contribution in [3.05, 3.63) is 86.1 Å². The van der Waals surface area contributed by atoms with Gasteiger partial charge in [-0.1, -0.05) is 45.2 Å². The van der Waals surface area contributed by atoms with E-state index in [1.54, 1.807) is 24.3 Å². The molecule has 3 aromatic rings. The third-order valence-electron chi connectivity index (χ3n) is 4.09. The number of halogens is 4. The third-order valence-corrected chi connectivity index (χ3v) is 5.33. The van der Waals surface area contributed by atoms with E-state index < -0.39 is 5.82 Å². The normalized spacial score (nSPS) is 10.6. The summed E-state index contributed by atoms with van der Waals surface area (Å²) in [4.78, 5) is 0. The van der Waals surface area contributed by atoms with E-state index in [2.05, 4.69) is 21.2 Å². The van der Waals surface area contributed by atoms with Crippen molar-refractivity contribution in [2.75, 3.05) is 12.4 Å². The van der Waals surface area contributed by atoms with Gasteiger partial charge in [0.1, 0.15) is 12.4 Å². The van der Waals surface area contributed by atoms with Crippen molar-refractivity contribution >= 4 is 44.8 Å². The molecular formula is C21H17BrCl2FNO2. The number of hydrogen-bond acceptors (Lipinski definition) is 3. The maximum atomic E-state index is 13.9. The van der Waals surface area contributed by atoms with Crippen molar-refractivity contribution in [1.82, 2.24) is 0 Å². The fourth-order valence-corrected chi connectivity index (χ4v) is 3.27. The molecule has 0 amide bonds. The van der Waals surface area contributed by atoms with Gasteiger partial charge in [0, 0.05) is 33.4 Å². The maximum Gasteiger partial charge on any atom is 0.163 e. The number of benzene rings is 3. The van der Waals surface area contributed by atoms with Crippen LogP contribution < -0.4 is 14.8 Å². The SMILES string of the molecule is COc1cc(CNc2ccc(Br)cc2)c(Cl)cc1OCc1c(F)cccc1Cl. The Bertz CT molecular complexity index is 947. The van der Waals surface area contributed by atoms with E-state index in [0.29, 0.717) is 28.1 Å². The first kappa shape index (κ1) is 20.8. The first-order valence-electron chi connectivity index (χ1n) is 8.39. The van der Waals surface area contributed by atoms with Crippen molar-refractivity contribution in [1.29, 1.82) is 0 Å². The van der Waals surface area contributed by atoms with E-state index in [0.717, 1.165) is 15.7 Å². The van der Waals surface area contributed by atoms with Crippen LogP contribution in [0, 0.1) is 5.82 Å². The van der Waals surface area contributed by atoms with E-state index in [1.165, 1.54) is 13.2 Å². The molecule has 28 heavy (non-hydrogen) atoms. The molecule has 0 bridgehead atoms. The Morgan fingerprint density at radius 3 is 2.43 bits per heavy atom. The molecule has 0 spiro atoms. The van der Waals surface area contributed by atoms with E-state index in [9.17, 15) is 4.39 Å². The molecule has 0 aromatic heterocycles. The van der Waals surface area contributed by atoms with Crippen LogP contribution in [0.5, 0.6) is 11.5 Å². The second-order valence-electron chi connectivity index (χ2n) is 5.94. The molecule has 0 saturated carbocycles. The molecule has 1 N–H and O–H groups in total. The summed E-state index contributed by atoms with van der Waals surface area (Å²) in [5.74, 6) is 0.497. The van der Waals surface area contributed by atoms with Gasteiger partial charge in [0.25, 0.3) is 0 Å². The van der Waals surface area contributed by atoms with Crippen LogP contribution in [-0.4, -0.2) is 7.11 Å². The Balaban J connectivity index is 1.74. The fourth-order valence-electron chi connectivity index (χ4n) is 2.57. The second kappa shape index (κ2) is 9.50. The van der Waals surface area contributed by atoms with Crippen molar-refractivity contribution in [2.24, 2.45) is 0 Å². The number of hydrogen-bond donors (Lipinski definition) is 1. The highest BCUT2D eigenvalue weighted by molar-refractivity contribution is 9.10. The minimum Gasteiger partial charge on any atom is -0.493 e. The molecule has 146 valence electrons. The van der Waals surface area contributed by atoms with Crippen molar-refractivity contribution in [2.45, 2.75) is 13.2 Å². The number of rotatable bonds is 7. The Kier molecular flexibility index (Phi) is 7.05. The fraction of sp³-hybridized carbons (Fsp3) is 0.143. The minimum atomic E-state index is -0.423. The summed E-state index contributed by atoms with van der Waals surface area (Å²) in [5, 5.41) is 4.12. The van der Waals surface area contributed by atoms with Gasteiger partial charge in [-0.15, -0.1) is 0 Å². The Morgan fingerprint density at radius 1 is 1.00 bits per heavy atom. The zero-order chi connectivity index (χ0) is 20.1. The highest BCUT2D eigenvalue weighted by Gasteiger charge is 2.13. The highest BCUT2D eigenvalue weighted by atomic mass is 79.9. The first-order chi connectivity index (χ1) is 13.5. The van der Waals surface area contributed by atoms with E-state index >= 15 is 0 Å². The van der Waals surface area contributed by atoms with Crippen LogP contribution in [0.4, 0.5) is 10.1 Å². The molecule has 0 unspecified atom stereocenters. The molecule has 0 saturated heterocycles. The van der Waals surface area contributed by atoms with Crippen LogP contribution in [0.3, 0.4) is 0 Å². The lowest BCUT2D eigenvalue weighted by molar-refractivity contribution is 0.279. The minimum absolute atomic E-state index is 0.0331. The standard InChI is InChI=1S/C21H17BrCl2FNO2/c1-27-20-9-13(11-26-15-7-5-14(22)6-8-15)18(24)10-21(20)28-12-16-17(23)3-2-4-19(16)25/h2-10,26H,11-12H2,1H3. The van der Waals surface area contributed by atoms with Gasteiger partial charge in [0.15, 0.2) is 11.5 Å². The van der Waals surface area contributed by atoms with Crippen molar-refractivity contribution in [3.8, 4) is 11.5 Å². The monoisotopic (exact) mass is 483 g/mol.